The molecule has 5 rings (SSSR count). The Kier molecular flexibility index (Phi) is 7.73. The number of aliphatic hydroxyl groups is 1. The summed E-state index contributed by atoms with van der Waals surface area (Å²) in [5, 5.41) is 11.2. The molecule has 1 aromatic carbocycles. The van der Waals surface area contributed by atoms with Gasteiger partial charge in [-0.3, -0.25) is 0 Å². The Bertz CT molecular complexity index is 871. The molecule has 1 aromatic rings. The van der Waals surface area contributed by atoms with Gasteiger partial charge >= 0.3 is 0 Å². The molecular formula is C35H56O. The van der Waals surface area contributed by atoms with Crippen molar-refractivity contribution in [3.05, 3.63) is 35.4 Å². The fourth-order valence-corrected chi connectivity index (χ4v) is 10.8. The van der Waals surface area contributed by atoms with Crippen molar-refractivity contribution in [2.75, 3.05) is 0 Å². The summed E-state index contributed by atoms with van der Waals surface area (Å²) in [4.78, 5) is 0. The number of aliphatic hydroxyl groups excluding tert-OH is 1. The van der Waals surface area contributed by atoms with Crippen LogP contribution in [0.4, 0.5) is 0 Å². The molecule has 202 valence electrons. The second-order valence-electron chi connectivity index (χ2n) is 15.1. The van der Waals surface area contributed by atoms with Crippen LogP contribution in [-0.2, 0) is 6.42 Å². The first kappa shape index (κ1) is 26.8. The summed E-state index contributed by atoms with van der Waals surface area (Å²) >= 11 is 0. The molecule has 0 aliphatic heterocycles. The van der Waals surface area contributed by atoms with Crippen molar-refractivity contribution >= 4 is 0 Å². The van der Waals surface area contributed by atoms with E-state index in [0.29, 0.717) is 22.7 Å². The predicted octanol–water partition coefficient (Wildman–Crippen LogP) is 9.25. The average Bonchev–Trinajstić information content (AvgIpc) is 3.19. The van der Waals surface area contributed by atoms with E-state index >= 15 is 0 Å². The molecule has 1 unspecified atom stereocenters. The van der Waals surface area contributed by atoms with E-state index in [0.717, 1.165) is 48.3 Å². The van der Waals surface area contributed by atoms with Crippen molar-refractivity contribution in [1.82, 2.24) is 0 Å². The summed E-state index contributed by atoms with van der Waals surface area (Å²) < 4.78 is 0. The first-order valence-electron chi connectivity index (χ1n) is 15.9. The zero-order valence-electron chi connectivity index (χ0n) is 24.4. The largest absolute Gasteiger partial charge is 0.393 e. The van der Waals surface area contributed by atoms with Gasteiger partial charge in [0, 0.05) is 0 Å². The van der Waals surface area contributed by atoms with Crippen molar-refractivity contribution < 1.29 is 5.11 Å². The highest BCUT2D eigenvalue weighted by Crippen LogP contribution is 2.69. The van der Waals surface area contributed by atoms with Crippen LogP contribution in [0, 0.1) is 65.1 Å². The molecule has 0 heterocycles. The molecule has 4 aliphatic rings. The molecule has 0 bridgehead atoms. The Balaban J connectivity index is 1.31. The lowest BCUT2D eigenvalue weighted by atomic mass is 9.42. The van der Waals surface area contributed by atoms with Crippen LogP contribution in [0.5, 0.6) is 0 Å². The summed E-state index contributed by atoms with van der Waals surface area (Å²) in [5.41, 5.74) is 3.77. The molecule has 4 fully saturated rings. The molecule has 10 atom stereocenters. The second-order valence-corrected chi connectivity index (χ2v) is 15.1. The quantitative estimate of drug-likeness (QED) is 0.402. The highest BCUT2D eigenvalue weighted by atomic mass is 16.3. The minimum Gasteiger partial charge on any atom is -0.393 e. The minimum atomic E-state index is -0.114. The maximum Gasteiger partial charge on any atom is 0.0574 e. The van der Waals surface area contributed by atoms with Gasteiger partial charge in [0.05, 0.1) is 6.10 Å². The molecule has 4 aliphatic carbocycles. The lowest BCUT2D eigenvalue weighted by Gasteiger charge is -2.63. The third-order valence-electron chi connectivity index (χ3n) is 12.7. The van der Waals surface area contributed by atoms with E-state index in [9.17, 15) is 5.11 Å². The van der Waals surface area contributed by atoms with Gasteiger partial charge < -0.3 is 5.11 Å². The summed E-state index contributed by atoms with van der Waals surface area (Å²) in [7, 11) is 0. The van der Waals surface area contributed by atoms with E-state index in [1.54, 1.807) is 0 Å². The van der Waals surface area contributed by atoms with Gasteiger partial charge in [-0.1, -0.05) is 83.7 Å². The van der Waals surface area contributed by atoms with Crippen LogP contribution in [0.2, 0.25) is 0 Å². The van der Waals surface area contributed by atoms with E-state index in [1.807, 2.05) is 0 Å². The van der Waals surface area contributed by atoms with Crippen LogP contribution in [0.3, 0.4) is 0 Å². The number of fused-ring (bicyclic) bond motifs is 5. The van der Waals surface area contributed by atoms with Crippen molar-refractivity contribution in [2.45, 2.75) is 125 Å². The number of hydrogen-bond acceptors (Lipinski definition) is 1. The second kappa shape index (κ2) is 10.4. The van der Waals surface area contributed by atoms with Crippen LogP contribution >= 0.6 is 0 Å². The number of rotatable bonds is 7. The molecule has 0 saturated heterocycles. The molecular weight excluding hydrogens is 436 g/mol. The van der Waals surface area contributed by atoms with Gasteiger partial charge in [0.1, 0.15) is 0 Å². The normalized spacial score (nSPS) is 43.1. The summed E-state index contributed by atoms with van der Waals surface area (Å²) in [5.74, 6) is 6.60. The monoisotopic (exact) mass is 492 g/mol. The maximum absolute atomic E-state index is 11.2. The first-order chi connectivity index (χ1) is 17.1. The third-order valence-corrected chi connectivity index (χ3v) is 12.7. The summed E-state index contributed by atoms with van der Waals surface area (Å²) in [6.07, 6.45) is 16.2. The van der Waals surface area contributed by atoms with E-state index < -0.39 is 0 Å². The lowest BCUT2D eigenvalue weighted by Crippen LogP contribution is -2.57. The molecule has 0 radical (unpaired) electrons. The summed E-state index contributed by atoms with van der Waals surface area (Å²) in [6.45, 7) is 14.9. The van der Waals surface area contributed by atoms with Crippen molar-refractivity contribution in [3.8, 4) is 0 Å². The molecule has 0 amide bonds. The van der Waals surface area contributed by atoms with Gasteiger partial charge in [-0.15, -0.1) is 0 Å². The first-order valence-corrected chi connectivity index (χ1v) is 15.9. The molecule has 4 saturated carbocycles. The van der Waals surface area contributed by atoms with Crippen LogP contribution in [-0.4, -0.2) is 11.2 Å². The number of benzene rings is 1. The van der Waals surface area contributed by atoms with Crippen LogP contribution in [0.15, 0.2) is 24.3 Å². The molecule has 1 heteroatoms. The Morgan fingerprint density at radius 2 is 1.47 bits per heavy atom. The van der Waals surface area contributed by atoms with Crippen LogP contribution < -0.4 is 0 Å². The zero-order valence-corrected chi connectivity index (χ0v) is 24.4. The highest BCUT2D eigenvalue weighted by molar-refractivity contribution is 5.23. The lowest BCUT2D eigenvalue weighted by molar-refractivity contribution is -0.152. The van der Waals surface area contributed by atoms with E-state index in [4.69, 9.17) is 0 Å². The standard InChI is InChI=1S/C35H56O/c1-23(2)8-7-9-25(4)29-16-17-30-27-14-15-31-28(22-26-12-10-24(3)11-13-26)33(36)19-21-35(31,6)32(27)18-20-34(29,30)5/h10-13,23,25,27-33,36H,7-9,14-22H2,1-6H3/t25-,27+,28+,29-,30+,31?,32+,33-,34-,35+/m1/s1. The number of hydrogen-bond donors (Lipinski definition) is 1. The average molecular weight is 493 g/mol. The Morgan fingerprint density at radius 3 is 2.19 bits per heavy atom. The minimum absolute atomic E-state index is 0.114. The van der Waals surface area contributed by atoms with Gasteiger partial charge in [0.15, 0.2) is 0 Å². The molecule has 36 heavy (non-hydrogen) atoms. The van der Waals surface area contributed by atoms with Gasteiger partial charge in [-0.2, -0.15) is 0 Å². The fourth-order valence-electron chi connectivity index (χ4n) is 10.8. The molecule has 0 spiro atoms. The van der Waals surface area contributed by atoms with E-state index in [-0.39, 0.29) is 6.10 Å². The predicted molar refractivity (Wildman–Crippen MR) is 153 cm³/mol. The van der Waals surface area contributed by atoms with Crippen molar-refractivity contribution in [3.63, 3.8) is 0 Å². The molecule has 0 aromatic heterocycles. The van der Waals surface area contributed by atoms with Crippen LogP contribution in [0.25, 0.3) is 0 Å². The molecule has 1 N–H and O–H groups in total. The summed E-state index contributed by atoms with van der Waals surface area (Å²) in [6, 6.07) is 9.13. The Morgan fingerprint density at radius 1 is 0.806 bits per heavy atom. The Hall–Kier alpha value is -0.820. The highest BCUT2D eigenvalue weighted by Gasteiger charge is 2.61. The van der Waals surface area contributed by atoms with Crippen molar-refractivity contribution in [1.29, 1.82) is 0 Å². The smallest absolute Gasteiger partial charge is 0.0574 e. The Labute approximate surface area is 223 Å². The SMILES string of the molecule is Cc1ccc(C[C@H]2C3CC[C@H]4[C@@H]5CC[C@H]([C@H](C)CCCC(C)C)[C@@]5(C)CC[C@@H]4[C@@]3(C)CC[C@H]2O)cc1. The van der Waals surface area contributed by atoms with Gasteiger partial charge in [-0.25, -0.2) is 0 Å². The number of aryl methyl sites for hydroxylation is 1. The van der Waals surface area contributed by atoms with Gasteiger partial charge in [0.25, 0.3) is 0 Å². The maximum atomic E-state index is 11.2. The van der Waals surface area contributed by atoms with E-state index in [1.165, 1.54) is 75.3 Å². The zero-order chi connectivity index (χ0) is 25.7. The van der Waals surface area contributed by atoms with Gasteiger partial charge in [0.2, 0.25) is 0 Å². The molecule has 1 nitrogen and oxygen atoms in total. The van der Waals surface area contributed by atoms with Gasteiger partial charge in [-0.05, 0) is 128 Å². The van der Waals surface area contributed by atoms with Crippen molar-refractivity contribution in [2.24, 2.45) is 58.2 Å². The van der Waals surface area contributed by atoms with E-state index in [2.05, 4.69) is 65.8 Å². The topological polar surface area (TPSA) is 20.2 Å². The third kappa shape index (κ3) is 4.74. The van der Waals surface area contributed by atoms with Crippen LogP contribution in [0.1, 0.15) is 116 Å². The fraction of sp³-hybridized carbons (Fsp3) is 0.829.